The lowest BCUT2D eigenvalue weighted by atomic mass is 9.93. The molecule has 0 heterocycles. The second-order valence-corrected chi connectivity index (χ2v) is 4.96. The van der Waals surface area contributed by atoms with Crippen molar-refractivity contribution in [3.63, 3.8) is 0 Å². The van der Waals surface area contributed by atoms with Crippen LogP contribution in [0.3, 0.4) is 0 Å². The SMILES string of the molecule is CC(=C=C1CCCCCC[C@H]1O)C(C)C. The van der Waals surface area contributed by atoms with Crippen LogP contribution in [0.1, 0.15) is 59.3 Å². The van der Waals surface area contributed by atoms with Crippen LogP contribution in [0.4, 0.5) is 0 Å². The predicted octanol–water partition coefficient (Wildman–Crippen LogP) is 3.83. The molecule has 1 nitrogen and oxygen atoms in total. The maximum Gasteiger partial charge on any atom is 0.0823 e. The molecule has 86 valence electrons. The Morgan fingerprint density at radius 2 is 1.93 bits per heavy atom. The molecule has 0 aliphatic heterocycles. The normalized spacial score (nSPS) is 23.3. The molecule has 1 saturated carbocycles. The Morgan fingerprint density at radius 1 is 1.27 bits per heavy atom. The third-order valence-electron chi connectivity index (χ3n) is 3.30. The van der Waals surface area contributed by atoms with Crippen molar-refractivity contribution >= 4 is 0 Å². The van der Waals surface area contributed by atoms with Crippen LogP contribution in [-0.4, -0.2) is 11.2 Å². The average Bonchev–Trinajstić information content (AvgIpc) is 2.17. The molecule has 1 heteroatoms. The third kappa shape index (κ3) is 4.24. The molecule has 1 rings (SSSR count). The molecule has 0 aromatic carbocycles. The van der Waals surface area contributed by atoms with Crippen LogP contribution in [0.5, 0.6) is 0 Å². The smallest absolute Gasteiger partial charge is 0.0823 e. The lowest BCUT2D eigenvalue weighted by molar-refractivity contribution is 0.187. The van der Waals surface area contributed by atoms with Crippen molar-refractivity contribution in [1.82, 2.24) is 0 Å². The van der Waals surface area contributed by atoms with Crippen molar-refractivity contribution in [1.29, 1.82) is 0 Å². The van der Waals surface area contributed by atoms with E-state index >= 15 is 0 Å². The summed E-state index contributed by atoms with van der Waals surface area (Å²) in [5, 5.41) is 9.99. The van der Waals surface area contributed by atoms with Gasteiger partial charge in [-0.25, -0.2) is 0 Å². The van der Waals surface area contributed by atoms with E-state index < -0.39 is 0 Å². The number of aliphatic hydroxyl groups is 1. The lowest BCUT2D eigenvalue weighted by Crippen LogP contribution is -2.12. The zero-order valence-corrected chi connectivity index (χ0v) is 10.3. The van der Waals surface area contributed by atoms with Crippen molar-refractivity contribution in [3.8, 4) is 0 Å². The van der Waals surface area contributed by atoms with Crippen LogP contribution in [0.25, 0.3) is 0 Å². The summed E-state index contributed by atoms with van der Waals surface area (Å²) in [7, 11) is 0. The van der Waals surface area contributed by atoms with Gasteiger partial charge in [-0.2, -0.15) is 0 Å². The molecule has 0 saturated heterocycles. The zero-order valence-electron chi connectivity index (χ0n) is 10.3. The molecular weight excluding hydrogens is 184 g/mol. The third-order valence-corrected chi connectivity index (χ3v) is 3.30. The molecule has 15 heavy (non-hydrogen) atoms. The van der Waals surface area contributed by atoms with Crippen molar-refractivity contribution < 1.29 is 5.11 Å². The van der Waals surface area contributed by atoms with Crippen LogP contribution in [0, 0.1) is 5.92 Å². The maximum atomic E-state index is 9.99. The Bertz CT molecular complexity index is 257. The number of hydrogen-bond acceptors (Lipinski definition) is 1. The monoisotopic (exact) mass is 208 g/mol. The molecule has 1 N–H and O–H groups in total. The van der Waals surface area contributed by atoms with Crippen LogP contribution < -0.4 is 0 Å². The van der Waals surface area contributed by atoms with E-state index in [9.17, 15) is 5.11 Å². The molecule has 1 aliphatic rings. The Balaban J connectivity index is 2.83. The molecule has 0 aromatic heterocycles. The highest BCUT2D eigenvalue weighted by molar-refractivity contribution is 5.13. The van der Waals surface area contributed by atoms with Crippen molar-refractivity contribution in [2.45, 2.75) is 65.4 Å². The summed E-state index contributed by atoms with van der Waals surface area (Å²) in [6, 6.07) is 0. The lowest BCUT2D eigenvalue weighted by Gasteiger charge is -2.17. The van der Waals surface area contributed by atoms with Crippen LogP contribution >= 0.6 is 0 Å². The summed E-state index contributed by atoms with van der Waals surface area (Å²) >= 11 is 0. The fraction of sp³-hybridized carbons (Fsp3) is 0.786. The number of aliphatic hydroxyl groups excluding tert-OH is 1. The number of rotatable bonds is 1. The van der Waals surface area contributed by atoms with E-state index in [1.54, 1.807) is 0 Å². The van der Waals surface area contributed by atoms with Gasteiger partial charge in [-0.15, -0.1) is 5.73 Å². The second-order valence-electron chi connectivity index (χ2n) is 4.96. The van der Waals surface area contributed by atoms with Crippen LogP contribution in [0.15, 0.2) is 16.9 Å². The summed E-state index contributed by atoms with van der Waals surface area (Å²) in [4.78, 5) is 0. The second kappa shape index (κ2) is 6.15. The fourth-order valence-corrected chi connectivity index (χ4v) is 1.89. The maximum absolute atomic E-state index is 9.99. The minimum atomic E-state index is -0.237. The van der Waals surface area contributed by atoms with E-state index in [2.05, 4.69) is 26.5 Å². The van der Waals surface area contributed by atoms with Crippen molar-refractivity contribution in [2.75, 3.05) is 0 Å². The van der Waals surface area contributed by atoms with E-state index in [1.807, 2.05) is 0 Å². The van der Waals surface area contributed by atoms with Gasteiger partial charge in [-0.05, 0) is 37.7 Å². The van der Waals surface area contributed by atoms with Gasteiger partial charge in [0.15, 0.2) is 0 Å². The molecular formula is C14H24O. The highest BCUT2D eigenvalue weighted by atomic mass is 16.3. The van der Waals surface area contributed by atoms with Crippen molar-refractivity contribution in [2.24, 2.45) is 5.92 Å². The summed E-state index contributed by atoms with van der Waals surface area (Å²) < 4.78 is 0. The summed E-state index contributed by atoms with van der Waals surface area (Å²) in [5.74, 6) is 0.537. The Kier molecular flexibility index (Phi) is 5.14. The predicted molar refractivity (Wildman–Crippen MR) is 64.8 cm³/mol. The average molecular weight is 208 g/mol. The molecule has 0 unspecified atom stereocenters. The summed E-state index contributed by atoms with van der Waals surface area (Å²) in [5.41, 5.74) is 5.83. The van der Waals surface area contributed by atoms with E-state index in [1.165, 1.54) is 24.8 Å². The Labute approximate surface area is 93.9 Å². The van der Waals surface area contributed by atoms with Gasteiger partial charge < -0.3 is 5.11 Å². The minimum Gasteiger partial charge on any atom is -0.388 e. The van der Waals surface area contributed by atoms with Gasteiger partial charge in [0.05, 0.1) is 6.10 Å². The van der Waals surface area contributed by atoms with E-state index in [0.717, 1.165) is 24.8 Å². The van der Waals surface area contributed by atoms with E-state index in [-0.39, 0.29) is 6.10 Å². The molecule has 0 spiro atoms. The van der Waals surface area contributed by atoms with Gasteiger partial charge in [0.2, 0.25) is 0 Å². The highest BCUT2D eigenvalue weighted by Crippen LogP contribution is 2.22. The highest BCUT2D eigenvalue weighted by Gasteiger charge is 2.13. The first-order chi connectivity index (χ1) is 7.11. The summed E-state index contributed by atoms with van der Waals surface area (Å²) in [6.45, 7) is 6.47. The fourth-order valence-electron chi connectivity index (χ4n) is 1.89. The topological polar surface area (TPSA) is 20.2 Å². The van der Waals surface area contributed by atoms with E-state index in [0.29, 0.717) is 5.92 Å². The standard InChI is InChI=1S/C14H24O/c1-11(2)12(3)10-13-8-6-4-5-7-9-14(13)15/h11,14-15H,4-9H2,1-3H3/t10?,14-/m1/s1. The molecule has 1 aliphatic carbocycles. The first-order valence-corrected chi connectivity index (χ1v) is 6.25. The van der Waals surface area contributed by atoms with Gasteiger partial charge in [0.1, 0.15) is 0 Å². The molecule has 1 atom stereocenters. The van der Waals surface area contributed by atoms with Crippen LogP contribution in [0.2, 0.25) is 0 Å². The molecule has 0 aromatic rings. The minimum absolute atomic E-state index is 0.237. The van der Waals surface area contributed by atoms with Gasteiger partial charge in [-0.3, -0.25) is 0 Å². The molecule has 0 radical (unpaired) electrons. The van der Waals surface area contributed by atoms with Gasteiger partial charge in [-0.1, -0.05) is 33.1 Å². The first-order valence-electron chi connectivity index (χ1n) is 6.25. The zero-order chi connectivity index (χ0) is 11.3. The quantitative estimate of drug-likeness (QED) is 0.649. The van der Waals surface area contributed by atoms with Gasteiger partial charge in [0, 0.05) is 5.57 Å². The van der Waals surface area contributed by atoms with Gasteiger partial charge >= 0.3 is 0 Å². The molecule has 0 amide bonds. The Morgan fingerprint density at radius 3 is 2.60 bits per heavy atom. The molecule has 0 bridgehead atoms. The van der Waals surface area contributed by atoms with Gasteiger partial charge in [0.25, 0.3) is 0 Å². The largest absolute Gasteiger partial charge is 0.388 e. The van der Waals surface area contributed by atoms with E-state index in [4.69, 9.17) is 0 Å². The number of hydrogen-bond donors (Lipinski definition) is 1. The summed E-state index contributed by atoms with van der Waals surface area (Å²) in [6.07, 6.45) is 6.67. The first kappa shape index (κ1) is 12.5. The Hall–Kier alpha value is -0.520. The van der Waals surface area contributed by atoms with Crippen LogP contribution in [-0.2, 0) is 0 Å². The molecule has 1 fully saturated rings. The van der Waals surface area contributed by atoms with Crippen molar-refractivity contribution in [3.05, 3.63) is 16.9 Å².